The molecule has 7 heteroatoms. The Balaban J connectivity index is 1.74. The number of aryl methyl sites for hydroxylation is 4. The van der Waals surface area contributed by atoms with Crippen molar-refractivity contribution in [3.63, 3.8) is 0 Å². The molecule has 0 saturated heterocycles. The summed E-state index contributed by atoms with van der Waals surface area (Å²) in [6, 6.07) is 12.0. The van der Waals surface area contributed by atoms with Crippen LogP contribution in [0.1, 0.15) is 22.8 Å². The monoisotopic (exact) mass is 358 g/mol. The SMILES string of the molecule is Cc1nc(S(=O)(=O)NCc2ccc(-n3c(C)ccc3C)cc2)cn1C. The molecular weight excluding hydrogens is 336 g/mol. The van der Waals surface area contributed by atoms with Gasteiger partial charge in [0.2, 0.25) is 0 Å². The van der Waals surface area contributed by atoms with Gasteiger partial charge < -0.3 is 9.13 Å². The Labute approximate surface area is 148 Å². The molecule has 2 heterocycles. The molecule has 2 aromatic heterocycles. The van der Waals surface area contributed by atoms with Crippen molar-refractivity contribution in [1.29, 1.82) is 0 Å². The third-order valence-electron chi connectivity index (χ3n) is 4.29. The average Bonchev–Trinajstić information content (AvgIpc) is 3.09. The molecule has 0 bridgehead atoms. The zero-order valence-corrected chi connectivity index (χ0v) is 15.6. The topological polar surface area (TPSA) is 68.9 Å². The summed E-state index contributed by atoms with van der Waals surface area (Å²) in [7, 11) is -1.84. The van der Waals surface area contributed by atoms with Gasteiger partial charge in [-0.05, 0) is 50.6 Å². The molecule has 1 N–H and O–H groups in total. The maximum atomic E-state index is 12.3. The van der Waals surface area contributed by atoms with E-state index in [2.05, 4.69) is 40.3 Å². The van der Waals surface area contributed by atoms with Crippen LogP contribution in [-0.4, -0.2) is 22.5 Å². The second-order valence-corrected chi connectivity index (χ2v) is 7.89. The zero-order valence-electron chi connectivity index (χ0n) is 14.8. The van der Waals surface area contributed by atoms with Gasteiger partial charge in [-0.15, -0.1) is 0 Å². The minimum atomic E-state index is -3.61. The van der Waals surface area contributed by atoms with Gasteiger partial charge in [0.25, 0.3) is 10.0 Å². The predicted octanol–water partition coefficient (Wildman–Crippen LogP) is 2.61. The molecule has 0 saturated carbocycles. The lowest BCUT2D eigenvalue weighted by molar-refractivity contribution is 0.578. The van der Waals surface area contributed by atoms with E-state index in [1.807, 2.05) is 24.3 Å². The molecule has 0 fully saturated rings. The summed E-state index contributed by atoms with van der Waals surface area (Å²) in [6.45, 7) is 6.11. The Morgan fingerprint density at radius 2 is 1.60 bits per heavy atom. The molecule has 3 aromatic rings. The van der Waals surface area contributed by atoms with E-state index in [1.54, 1.807) is 18.5 Å². The van der Waals surface area contributed by atoms with E-state index in [1.165, 1.54) is 6.20 Å². The van der Waals surface area contributed by atoms with Gasteiger partial charge in [-0.3, -0.25) is 0 Å². The molecule has 0 spiro atoms. The second-order valence-electron chi connectivity index (χ2n) is 6.18. The highest BCUT2D eigenvalue weighted by Gasteiger charge is 2.18. The molecule has 0 amide bonds. The maximum absolute atomic E-state index is 12.3. The fourth-order valence-corrected chi connectivity index (χ4v) is 3.80. The summed E-state index contributed by atoms with van der Waals surface area (Å²) in [5.41, 5.74) is 4.28. The average molecular weight is 358 g/mol. The number of nitrogens with zero attached hydrogens (tertiary/aromatic N) is 3. The Kier molecular flexibility index (Phi) is 4.53. The minimum absolute atomic E-state index is 0.0442. The third-order valence-corrected chi connectivity index (χ3v) is 5.57. The summed E-state index contributed by atoms with van der Waals surface area (Å²) >= 11 is 0. The first-order valence-electron chi connectivity index (χ1n) is 8.02. The van der Waals surface area contributed by atoms with Crippen molar-refractivity contribution in [2.45, 2.75) is 32.3 Å². The van der Waals surface area contributed by atoms with Crippen molar-refractivity contribution < 1.29 is 8.42 Å². The van der Waals surface area contributed by atoms with Crippen molar-refractivity contribution in [1.82, 2.24) is 18.8 Å². The van der Waals surface area contributed by atoms with Gasteiger partial charge in [-0.25, -0.2) is 18.1 Å². The van der Waals surface area contributed by atoms with E-state index in [9.17, 15) is 8.42 Å². The van der Waals surface area contributed by atoms with Gasteiger partial charge in [-0.1, -0.05) is 12.1 Å². The number of sulfonamides is 1. The summed E-state index contributed by atoms with van der Waals surface area (Å²) in [5.74, 6) is 0.655. The summed E-state index contributed by atoms with van der Waals surface area (Å²) in [4.78, 5) is 4.07. The number of nitrogens with one attached hydrogen (secondary N) is 1. The number of rotatable bonds is 5. The van der Waals surface area contributed by atoms with Crippen molar-refractivity contribution in [3.05, 3.63) is 65.4 Å². The summed E-state index contributed by atoms with van der Waals surface area (Å²) in [5, 5.41) is 0.0442. The van der Waals surface area contributed by atoms with Crippen molar-refractivity contribution >= 4 is 10.0 Å². The Hall–Kier alpha value is -2.38. The molecule has 0 aliphatic heterocycles. The normalized spacial score (nSPS) is 11.8. The number of hydrogen-bond donors (Lipinski definition) is 1. The van der Waals surface area contributed by atoms with Crippen LogP contribution in [0, 0.1) is 20.8 Å². The lowest BCUT2D eigenvalue weighted by atomic mass is 10.2. The number of imidazole rings is 1. The largest absolute Gasteiger partial charge is 0.337 e. The van der Waals surface area contributed by atoms with Crippen LogP contribution in [0.5, 0.6) is 0 Å². The Bertz CT molecular complexity index is 959. The van der Waals surface area contributed by atoms with E-state index < -0.39 is 10.0 Å². The molecule has 0 atom stereocenters. The molecule has 1 aromatic carbocycles. The fourth-order valence-electron chi connectivity index (χ4n) is 2.75. The quantitative estimate of drug-likeness (QED) is 0.762. The van der Waals surface area contributed by atoms with Gasteiger partial charge in [0.1, 0.15) is 5.82 Å². The van der Waals surface area contributed by atoms with Gasteiger partial charge in [0.05, 0.1) is 0 Å². The van der Waals surface area contributed by atoms with Crippen molar-refractivity contribution in [2.75, 3.05) is 0 Å². The molecule has 132 valence electrons. The fraction of sp³-hybridized carbons (Fsp3) is 0.278. The first-order valence-corrected chi connectivity index (χ1v) is 9.50. The van der Waals surface area contributed by atoms with Gasteiger partial charge in [0, 0.05) is 36.9 Å². The van der Waals surface area contributed by atoms with Crippen LogP contribution >= 0.6 is 0 Å². The van der Waals surface area contributed by atoms with Crippen LogP contribution in [0.3, 0.4) is 0 Å². The number of aromatic nitrogens is 3. The molecule has 0 radical (unpaired) electrons. The first kappa shape index (κ1) is 17.4. The molecule has 25 heavy (non-hydrogen) atoms. The van der Waals surface area contributed by atoms with Crippen LogP contribution in [0.25, 0.3) is 5.69 Å². The molecule has 0 aliphatic rings. The Morgan fingerprint density at radius 3 is 2.12 bits per heavy atom. The van der Waals surface area contributed by atoms with Crippen LogP contribution in [0.4, 0.5) is 0 Å². The molecule has 3 rings (SSSR count). The minimum Gasteiger partial charge on any atom is -0.337 e. The van der Waals surface area contributed by atoms with Crippen molar-refractivity contribution in [2.24, 2.45) is 7.05 Å². The number of benzene rings is 1. The highest BCUT2D eigenvalue weighted by molar-refractivity contribution is 7.89. The number of hydrogen-bond acceptors (Lipinski definition) is 3. The van der Waals surface area contributed by atoms with E-state index in [0.717, 1.165) is 22.6 Å². The van der Waals surface area contributed by atoms with Crippen LogP contribution in [0.15, 0.2) is 47.6 Å². The second kappa shape index (κ2) is 6.50. The molecule has 0 aliphatic carbocycles. The summed E-state index contributed by atoms with van der Waals surface area (Å²) in [6.07, 6.45) is 1.51. The van der Waals surface area contributed by atoms with E-state index in [0.29, 0.717) is 5.82 Å². The van der Waals surface area contributed by atoms with E-state index in [-0.39, 0.29) is 11.6 Å². The first-order chi connectivity index (χ1) is 11.8. The zero-order chi connectivity index (χ0) is 18.2. The van der Waals surface area contributed by atoms with Crippen LogP contribution < -0.4 is 4.72 Å². The van der Waals surface area contributed by atoms with Crippen LogP contribution in [0.2, 0.25) is 0 Å². The van der Waals surface area contributed by atoms with E-state index >= 15 is 0 Å². The standard InChI is InChI=1S/C18H22N4O2S/c1-13-5-6-14(2)22(13)17-9-7-16(8-10-17)11-19-25(23,24)18-12-21(4)15(3)20-18/h5-10,12,19H,11H2,1-4H3. The highest BCUT2D eigenvalue weighted by Crippen LogP contribution is 2.17. The van der Waals surface area contributed by atoms with Gasteiger partial charge >= 0.3 is 0 Å². The Morgan fingerprint density at radius 1 is 1.00 bits per heavy atom. The van der Waals surface area contributed by atoms with Gasteiger partial charge in [0.15, 0.2) is 5.03 Å². The molecule has 6 nitrogen and oxygen atoms in total. The third kappa shape index (κ3) is 3.52. The maximum Gasteiger partial charge on any atom is 0.259 e. The predicted molar refractivity (Wildman–Crippen MR) is 97.2 cm³/mol. The van der Waals surface area contributed by atoms with Crippen molar-refractivity contribution in [3.8, 4) is 5.69 Å². The molecular formula is C18H22N4O2S. The molecule has 0 unspecified atom stereocenters. The van der Waals surface area contributed by atoms with Gasteiger partial charge in [-0.2, -0.15) is 0 Å². The van der Waals surface area contributed by atoms with E-state index in [4.69, 9.17) is 0 Å². The highest BCUT2D eigenvalue weighted by atomic mass is 32.2. The van der Waals surface area contributed by atoms with Crippen LogP contribution in [-0.2, 0) is 23.6 Å². The smallest absolute Gasteiger partial charge is 0.259 e. The summed E-state index contributed by atoms with van der Waals surface area (Å²) < 4.78 is 31.1. The lowest BCUT2D eigenvalue weighted by Gasteiger charge is -2.10. The lowest BCUT2D eigenvalue weighted by Crippen LogP contribution is -2.23.